The van der Waals surface area contributed by atoms with Gasteiger partial charge in [-0.1, -0.05) is 36.4 Å². The van der Waals surface area contributed by atoms with Crippen LogP contribution in [0, 0.1) is 0 Å². The zero-order chi connectivity index (χ0) is 17.9. The van der Waals surface area contributed by atoms with Gasteiger partial charge >= 0.3 is 0 Å². The molecule has 0 bridgehead atoms. The summed E-state index contributed by atoms with van der Waals surface area (Å²) >= 11 is 0. The van der Waals surface area contributed by atoms with Gasteiger partial charge in [0.1, 0.15) is 0 Å². The van der Waals surface area contributed by atoms with Crippen LogP contribution in [0.3, 0.4) is 0 Å². The second-order valence-electron chi connectivity index (χ2n) is 6.03. The summed E-state index contributed by atoms with van der Waals surface area (Å²) in [6.45, 7) is 2.19. The lowest BCUT2D eigenvalue weighted by Crippen LogP contribution is -2.43. The van der Waals surface area contributed by atoms with Crippen LogP contribution < -0.4 is 10.5 Å². The Labute approximate surface area is 148 Å². The van der Waals surface area contributed by atoms with E-state index >= 15 is 0 Å². The fourth-order valence-electron chi connectivity index (χ4n) is 3.02. The minimum atomic E-state index is -3.69. The third kappa shape index (κ3) is 4.18. The van der Waals surface area contributed by atoms with Gasteiger partial charge in [-0.25, -0.2) is 13.6 Å². The maximum absolute atomic E-state index is 11.5. The summed E-state index contributed by atoms with van der Waals surface area (Å²) in [7, 11) is -1.94. The number of rotatable bonds is 3. The van der Waals surface area contributed by atoms with Gasteiger partial charge < -0.3 is 10.2 Å². The van der Waals surface area contributed by atoms with E-state index in [1.54, 1.807) is 19.2 Å². The molecule has 1 aliphatic heterocycles. The Morgan fingerprint density at radius 1 is 1.20 bits per heavy atom. The Kier molecular flexibility index (Phi) is 5.06. The first kappa shape index (κ1) is 17.4. The molecule has 6 nitrogen and oxygen atoms in total. The molecule has 0 aliphatic carbocycles. The molecule has 0 saturated carbocycles. The first-order valence-electron chi connectivity index (χ1n) is 8.11. The van der Waals surface area contributed by atoms with Gasteiger partial charge in [-0.15, -0.1) is 0 Å². The zero-order valence-electron chi connectivity index (χ0n) is 14.1. The van der Waals surface area contributed by atoms with Crippen molar-refractivity contribution in [3.05, 3.63) is 65.2 Å². The molecule has 3 N–H and O–H groups in total. The Morgan fingerprint density at radius 3 is 2.68 bits per heavy atom. The molecule has 0 spiro atoms. The van der Waals surface area contributed by atoms with Crippen molar-refractivity contribution < 1.29 is 8.42 Å². The van der Waals surface area contributed by atoms with Crippen molar-refractivity contribution in [1.29, 1.82) is 0 Å². The smallest absolute Gasteiger partial charge is 0.238 e. The van der Waals surface area contributed by atoms with Gasteiger partial charge in [0.05, 0.1) is 4.90 Å². The number of fused-ring (bicyclic) bond motifs is 1. The fraction of sp³-hybridized carbons (Fsp3) is 0.278. The summed E-state index contributed by atoms with van der Waals surface area (Å²) in [4.78, 5) is 6.68. The molecule has 1 heterocycles. The number of hydrogen-bond acceptors (Lipinski definition) is 3. The normalized spacial score (nSPS) is 15.0. The van der Waals surface area contributed by atoms with E-state index in [2.05, 4.69) is 39.5 Å². The predicted octanol–water partition coefficient (Wildman–Crippen LogP) is 1.47. The highest BCUT2D eigenvalue weighted by molar-refractivity contribution is 7.89. The third-order valence-electron chi connectivity index (χ3n) is 4.32. The van der Waals surface area contributed by atoms with Crippen molar-refractivity contribution >= 4 is 16.0 Å². The molecule has 3 rings (SSSR count). The molecule has 0 saturated heterocycles. The molecule has 0 amide bonds. The van der Waals surface area contributed by atoms with Crippen molar-refractivity contribution in [1.82, 2.24) is 10.2 Å². The van der Waals surface area contributed by atoms with Gasteiger partial charge in [-0.3, -0.25) is 4.99 Å². The van der Waals surface area contributed by atoms with Crippen LogP contribution in [0.1, 0.15) is 16.7 Å². The van der Waals surface area contributed by atoms with E-state index in [4.69, 9.17) is 5.14 Å². The molecular weight excluding hydrogens is 336 g/mol. The standard InChI is InChI=1S/C18H22N4O2S/c1-20-18(22-10-9-15-6-2-3-7-16(15)13-22)21-12-14-5-4-8-17(11-14)25(19,23)24/h2-8,11H,9-10,12-13H2,1H3,(H,20,21)(H2,19,23,24). The van der Waals surface area contributed by atoms with Gasteiger partial charge in [-0.2, -0.15) is 0 Å². The number of nitrogens with one attached hydrogen (secondary N) is 1. The number of benzene rings is 2. The number of sulfonamides is 1. The molecule has 0 unspecified atom stereocenters. The lowest BCUT2D eigenvalue weighted by Gasteiger charge is -2.31. The minimum Gasteiger partial charge on any atom is -0.352 e. The molecule has 132 valence electrons. The van der Waals surface area contributed by atoms with Gasteiger partial charge in [0, 0.05) is 26.7 Å². The number of guanidine groups is 1. The van der Waals surface area contributed by atoms with E-state index in [-0.39, 0.29) is 4.90 Å². The molecule has 1 aliphatic rings. The number of nitrogens with two attached hydrogens (primary N) is 1. The summed E-state index contributed by atoms with van der Waals surface area (Å²) in [6.07, 6.45) is 0.984. The van der Waals surface area contributed by atoms with E-state index in [1.807, 2.05) is 6.07 Å². The van der Waals surface area contributed by atoms with Crippen molar-refractivity contribution in [3.63, 3.8) is 0 Å². The van der Waals surface area contributed by atoms with Crippen molar-refractivity contribution in [3.8, 4) is 0 Å². The van der Waals surface area contributed by atoms with Gasteiger partial charge in [0.15, 0.2) is 5.96 Å². The first-order valence-corrected chi connectivity index (χ1v) is 9.66. The number of hydrogen-bond donors (Lipinski definition) is 2. The van der Waals surface area contributed by atoms with Crippen LogP contribution in [0.5, 0.6) is 0 Å². The van der Waals surface area contributed by atoms with Crippen LogP contribution in [-0.4, -0.2) is 32.9 Å². The Morgan fingerprint density at radius 2 is 1.96 bits per heavy atom. The van der Waals surface area contributed by atoms with Gasteiger partial charge in [0.25, 0.3) is 0 Å². The average molecular weight is 358 g/mol. The van der Waals surface area contributed by atoms with E-state index < -0.39 is 10.0 Å². The van der Waals surface area contributed by atoms with E-state index in [9.17, 15) is 8.42 Å². The summed E-state index contributed by atoms with van der Waals surface area (Å²) in [5.74, 6) is 0.801. The molecule has 0 atom stereocenters. The van der Waals surface area contributed by atoms with Crippen molar-refractivity contribution in [2.24, 2.45) is 10.1 Å². The molecule has 0 radical (unpaired) electrons. The largest absolute Gasteiger partial charge is 0.352 e. The third-order valence-corrected chi connectivity index (χ3v) is 5.23. The van der Waals surface area contributed by atoms with Crippen molar-refractivity contribution in [2.45, 2.75) is 24.4 Å². The van der Waals surface area contributed by atoms with Crippen molar-refractivity contribution in [2.75, 3.05) is 13.6 Å². The highest BCUT2D eigenvalue weighted by Gasteiger charge is 2.18. The van der Waals surface area contributed by atoms with E-state index in [1.165, 1.54) is 17.2 Å². The summed E-state index contributed by atoms with van der Waals surface area (Å²) in [6, 6.07) is 15.1. The summed E-state index contributed by atoms with van der Waals surface area (Å²) < 4.78 is 22.9. The molecule has 25 heavy (non-hydrogen) atoms. The highest BCUT2D eigenvalue weighted by Crippen LogP contribution is 2.18. The zero-order valence-corrected chi connectivity index (χ0v) is 15.0. The summed E-state index contributed by atoms with van der Waals surface area (Å²) in [5.41, 5.74) is 3.54. The van der Waals surface area contributed by atoms with Gasteiger partial charge in [-0.05, 0) is 35.2 Å². The lowest BCUT2D eigenvalue weighted by atomic mass is 10.0. The van der Waals surface area contributed by atoms with E-state index in [0.29, 0.717) is 6.54 Å². The van der Waals surface area contributed by atoms with Crippen LogP contribution in [0.25, 0.3) is 0 Å². The van der Waals surface area contributed by atoms with Crippen LogP contribution in [0.4, 0.5) is 0 Å². The first-order chi connectivity index (χ1) is 12.0. The maximum atomic E-state index is 11.5. The molecule has 2 aromatic carbocycles. The predicted molar refractivity (Wildman–Crippen MR) is 98.6 cm³/mol. The Balaban J connectivity index is 1.68. The molecule has 0 aromatic heterocycles. The van der Waals surface area contributed by atoms with Crippen LogP contribution >= 0.6 is 0 Å². The van der Waals surface area contributed by atoms with Crippen LogP contribution in [-0.2, 0) is 29.5 Å². The summed E-state index contributed by atoms with van der Waals surface area (Å²) in [5, 5.41) is 8.49. The topological polar surface area (TPSA) is 87.8 Å². The molecule has 0 fully saturated rings. The lowest BCUT2D eigenvalue weighted by molar-refractivity contribution is 0.378. The number of nitrogens with zero attached hydrogens (tertiary/aromatic N) is 2. The average Bonchev–Trinajstić information content (AvgIpc) is 2.61. The number of primary sulfonamides is 1. The van der Waals surface area contributed by atoms with Crippen LogP contribution in [0.2, 0.25) is 0 Å². The monoisotopic (exact) mass is 358 g/mol. The Bertz CT molecular complexity index is 893. The van der Waals surface area contributed by atoms with Gasteiger partial charge in [0.2, 0.25) is 10.0 Å². The maximum Gasteiger partial charge on any atom is 0.238 e. The fourth-order valence-corrected chi connectivity index (χ4v) is 3.61. The minimum absolute atomic E-state index is 0.119. The SMILES string of the molecule is CN=C(NCc1cccc(S(N)(=O)=O)c1)N1CCc2ccccc2C1. The molecule has 7 heteroatoms. The highest BCUT2D eigenvalue weighted by atomic mass is 32.2. The van der Waals surface area contributed by atoms with Crippen LogP contribution in [0.15, 0.2) is 58.4 Å². The second kappa shape index (κ2) is 7.25. The Hall–Kier alpha value is -2.38. The number of aliphatic imine (C=N–C) groups is 1. The molecule has 2 aromatic rings. The second-order valence-corrected chi connectivity index (χ2v) is 7.59. The van der Waals surface area contributed by atoms with E-state index in [0.717, 1.165) is 31.0 Å². The quantitative estimate of drug-likeness (QED) is 0.642. The molecular formula is C18H22N4O2S.